The minimum Gasteiger partial charge on any atom is -0.378 e. The summed E-state index contributed by atoms with van der Waals surface area (Å²) in [7, 11) is 0. The number of carbonyl (C=O) groups excluding carboxylic acids is 2. The Hall–Kier alpha value is -1.92. The summed E-state index contributed by atoms with van der Waals surface area (Å²) in [5.41, 5.74) is 0.994. The molecular weight excluding hydrogens is 294 g/mol. The molecular formula is C17H25N3O3. The molecule has 1 unspecified atom stereocenters. The largest absolute Gasteiger partial charge is 0.378 e. The Morgan fingerprint density at radius 1 is 1.30 bits per heavy atom. The standard InChI is InChI=1S/C17H25N3O3/c1-4-17(2,3)20-15(21)12-5-7-13(8-6-12)19-16(22)14-11-23-10-9-18-14/h5-8,14,18H,4,9-11H2,1-3H3,(H,19,22)(H,20,21). The Bertz CT molecular complexity index is 549. The molecule has 0 aliphatic carbocycles. The molecule has 0 aromatic heterocycles. The van der Waals surface area contributed by atoms with Gasteiger partial charge in [0.1, 0.15) is 6.04 Å². The van der Waals surface area contributed by atoms with Crippen LogP contribution < -0.4 is 16.0 Å². The topological polar surface area (TPSA) is 79.5 Å². The number of ether oxygens (including phenoxy) is 1. The molecule has 1 aliphatic rings. The van der Waals surface area contributed by atoms with Gasteiger partial charge in [0.15, 0.2) is 0 Å². The summed E-state index contributed by atoms with van der Waals surface area (Å²) in [6.07, 6.45) is 0.851. The summed E-state index contributed by atoms with van der Waals surface area (Å²) < 4.78 is 5.27. The zero-order valence-corrected chi connectivity index (χ0v) is 13.9. The van der Waals surface area contributed by atoms with E-state index in [0.29, 0.717) is 31.0 Å². The van der Waals surface area contributed by atoms with Crippen LogP contribution in [-0.2, 0) is 9.53 Å². The van der Waals surface area contributed by atoms with E-state index in [1.807, 2.05) is 20.8 Å². The zero-order chi connectivity index (χ0) is 16.9. The lowest BCUT2D eigenvalue weighted by molar-refractivity contribution is -0.120. The van der Waals surface area contributed by atoms with Gasteiger partial charge in [-0.3, -0.25) is 9.59 Å². The SMILES string of the molecule is CCC(C)(C)NC(=O)c1ccc(NC(=O)C2COCCN2)cc1. The smallest absolute Gasteiger partial charge is 0.251 e. The first-order valence-electron chi connectivity index (χ1n) is 7.96. The molecule has 0 bridgehead atoms. The lowest BCUT2D eigenvalue weighted by atomic mass is 10.0. The molecule has 1 atom stereocenters. The van der Waals surface area contributed by atoms with Gasteiger partial charge in [0, 0.05) is 23.3 Å². The Morgan fingerprint density at radius 2 is 2.00 bits per heavy atom. The van der Waals surface area contributed by atoms with Gasteiger partial charge >= 0.3 is 0 Å². The Labute approximate surface area is 137 Å². The average molecular weight is 319 g/mol. The van der Waals surface area contributed by atoms with E-state index in [2.05, 4.69) is 16.0 Å². The van der Waals surface area contributed by atoms with Gasteiger partial charge in [-0.15, -0.1) is 0 Å². The van der Waals surface area contributed by atoms with E-state index in [1.165, 1.54) is 0 Å². The minimum atomic E-state index is -0.336. The van der Waals surface area contributed by atoms with Crippen molar-refractivity contribution in [2.45, 2.75) is 38.8 Å². The number of hydrogen-bond donors (Lipinski definition) is 3. The molecule has 1 heterocycles. The van der Waals surface area contributed by atoms with Crippen LogP contribution in [0, 0.1) is 0 Å². The van der Waals surface area contributed by atoms with E-state index in [-0.39, 0.29) is 23.4 Å². The van der Waals surface area contributed by atoms with Gasteiger partial charge in [-0.2, -0.15) is 0 Å². The van der Waals surface area contributed by atoms with Crippen molar-refractivity contribution < 1.29 is 14.3 Å². The van der Waals surface area contributed by atoms with Crippen molar-refractivity contribution in [3.8, 4) is 0 Å². The molecule has 1 aliphatic heterocycles. The van der Waals surface area contributed by atoms with Crippen molar-refractivity contribution in [2.75, 3.05) is 25.1 Å². The Balaban J connectivity index is 1.93. The van der Waals surface area contributed by atoms with Crippen LogP contribution in [-0.4, -0.2) is 43.2 Å². The van der Waals surface area contributed by atoms with E-state index in [1.54, 1.807) is 24.3 Å². The molecule has 1 aromatic rings. The number of benzene rings is 1. The lowest BCUT2D eigenvalue weighted by Crippen LogP contribution is -2.48. The fraction of sp³-hybridized carbons (Fsp3) is 0.529. The maximum atomic E-state index is 12.2. The molecule has 6 heteroatoms. The zero-order valence-electron chi connectivity index (χ0n) is 13.9. The fourth-order valence-electron chi connectivity index (χ4n) is 2.14. The molecule has 0 spiro atoms. The normalized spacial score (nSPS) is 18.3. The minimum absolute atomic E-state index is 0.114. The molecule has 1 fully saturated rings. The number of carbonyl (C=O) groups is 2. The Morgan fingerprint density at radius 3 is 2.57 bits per heavy atom. The molecule has 3 N–H and O–H groups in total. The summed E-state index contributed by atoms with van der Waals surface area (Å²) in [5.74, 6) is -0.244. The number of amides is 2. The van der Waals surface area contributed by atoms with Crippen molar-refractivity contribution in [3.63, 3.8) is 0 Å². The van der Waals surface area contributed by atoms with Gasteiger partial charge in [0.2, 0.25) is 5.91 Å². The molecule has 0 saturated carbocycles. The van der Waals surface area contributed by atoms with Crippen LogP contribution in [0.15, 0.2) is 24.3 Å². The summed E-state index contributed by atoms with van der Waals surface area (Å²) in [6.45, 7) is 7.67. The molecule has 126 valence electrons. The van der Waals surface area contributed by atoms with Gasteiger partial charge in [0.05, 0.1) is 13.2 Å². The molecule has 0 radical (unpaired) electrons. The molecule has 1 saturated heterocycles. The van der Waals surface area contributed by atoms with E-state index < -0.39 is 0 Å². The summed E-state index contributed by atoms with van der Waals surface area (Å²) in [6, 6.07) is 6.55. The van der Waals surface area contributed by atoms with Crippen LogP contribution in [0.2, 0.25) is 0 Å². The fourth-order valence-corrected chi connectivity index (χ4v) is 2.14. The molecule has 6 nitrogen and oxygen atoms in total. The summed E-state index contributed by atoms with van der Waals surface area (Å²) in [4.78, 5) is 24.3. The van der Waals surface area contributed by atoms with Crippen molar-refractivity contribution in [1.29, 1.82) is 0 Å². The van der Waals surface area contributed by atoms with Gasteiger partial charge in [-0.1, -0.05) is 6.92 Å². The second-order valence-corrected chi connectivity index (χ2v) is 6.34. The third-order valence-corrected chi connectivity index (χ3v) is 3.99. The summed E-state index contributed by atoms with van der Waals surface area (Å²) >= 11 is 0. The maximum absolute atomic E-state index is 12.2. The Kier molecular flexibility index (Phi) is 5.74. The number of anilines is 1. The predicted octanol–water partition coefficient (Wildman–Crippen LogP) is 1.53. The average Bonchev–Trinajstić information content (AvgIpc) is 2.56. The molecule has 23 heavy (non-hydrogen) atoms. The highest BCUT2D eigenvalue weighted by molar-refractivity contribution is 5.97. The highest BCUT2D eigenvalue weighted by Crippen LogP contribution is 2.13. The first kappa shape index (κ1) is 17.4. The predicted molar refractivity (Wildman–Crippen MR) is 89.5 cm³/mol. The number of rotatable bonds is 5. The van der Waals surface area contributed by atoms with Crippen molar-refractivity contribution in [3.05, 3.63) is 29.8 Å². The van der Waals surface area contributed by atoms with Crippen LogP contribution in [0.25, 0.3) is 0 Å². The highest BCUT2D eigenvalue weighted by atomic mass is 16.5. The molecule has 2 amide bonds. The van der Waals surface area contributed by atoms with Crippen molar-refractivity contribution >= 4 is 17.5 Å². The van der Waals surface area contributed by atoms with Crippen molar-refractivity contribution in [2.24, 2.45) is 0 Å². The van der Waals surface area contributed by atoms with E-state index in [4.69, 9.17) is 4.74 Å². The second kappa shape index (κ2) is 7.57. The van der Waals surface area contributed by atoms with Crippen LogP contribution in [0.5, 0.6) is 0 Å². The van der Waals surface area contributed by atoms with E-state index >= 15 is 0 Å². The quantitative estimate of drug-likeness (QED) is 0.769. The highest BCUT2D eigenvalue weighted by Gasteiger charge is 2.21. The van der Waals surface area contributed by atoms with Crippen LogP contribution in [0.1, 0.15) is 37.6 Å². The van der Waals surface area contributed by atoms with Crippen molar-refractivity contribution in [1.82, 2.24) is 10.6 Å². The van der Waals surface area contributed by atoms with Crippen LogP contribution >= 0.6 is 0 Å². The van der Waals surface area contributed by atoms with Gasteiger partial charge in [0.25, 0.3) is 5.91 Å². The van der Waals surface area contributed by atoms with Crippen LogP contribution in [0.4, 0.5) is 5.69 Å². The third-order valence-electron chi connectivity index (χ3n) is 3.99. The first-order chi connectivity index (χ1) is 10.9. The summed E-state index contributed by atoms with van der Waals surface area (Å²) in [5, 5.41) is 8.91. The molecule has 2 rings (SSSR count). The van der Waals surface area contributed by atoms with Crippen LogP contribution in [0.3, 0.4) is 0 Å². The first-order valence-corrected chi connectivity index (χ1v) is 7.96. The molecule has 1 aromatic carbocycles. The number of nitrogens with one attached hydrogen (secondary N) is 3. The lowest BCUT2D eigenvalue weighted by Gasteiger charge is -2.24. The number of morpholine rings is 1. The maximum Gasteiger partial charge on any atom is 0.251 e. The van der Waals surface area contributed by atoms with E-state index in [0.717, 1.165) is 6.42 Å². The third kappa shape index (κ3) is 5.04. The van der Waals surface area contributed by atoms with Gasteiger partial charge in [-0.05, 0) is 44.5 Å². The number of hydrogen-bond acceptors (Lipinski definition) is 4. The second-order valence-electron chi connectivity index (χ2n) is 6.34. The van der Waals surface area contributed by atoms with Gasteiger partial charge < -0.3 is 20.7 Å². The van der Waals surface area contributed by atoms with E-state index in [9.17, 15) is 9.59 Å². The monoisotopic (exact) mass is 319 g/mol. The van der Waals surface area contributed by atoms with Gasteiger partial charge in [-0.25, -0.2) is 0 Å².